The van der Waals surface area contributed by atoms with Crippen molar-refractivity contribution in [3.8, 4) is 11.5 Å². The van der Waals surface area contributed by atoms with Crippen LogP contribution in [0, 0.1) is 5.82 Å². The van der Waals surface area contributed by atoms with Crippen LogP contribution in [-0.2, 0) is 0 Å². The van der Waals surface area contributed by atoms with Crippen LogP contribution in [0.3, 0.4) is 0 Å². The van der Waals surface area contributed by atoms with Gasteiger partial charge in [0, 0.05) is 16.8 Å². The van der Waals surface area contributed by atoms with E-state index in [1.807, 2.05) is 0 Å². The fourth-order valence-corrected chi connectivity index (χ4v) is 2.86. The number of hydrogen-bond acceptors (Lipinski definition) is 3. The molecule has 1 aromatic heterocycles. The second-order valence-corrected chi connectivity index (χ2v) is 6.61. The average molecular weight is 401 g/mol. The Bertz CT molecular complexity index is 1160. The summed E-state index contributed by atoms with van der Waals surface area (Å²) in [6.45, 7) is 0. The number of oxazole rings is 1. The zero-order valence-electron chi connectivity index (χ0n) is 13.7. The van der Waals surface area contributed by atoms with E-state index < -0.39 is 5.82 Å². The van der Waals surface area contributed by atoms with Crippen LogP contribution in [0.5, 0.6) is 0 Å². The largest absolute Gasteiger partial charge is 0.436 e. The Morgan fingerprint density at radius 1 is 0.963 bits per heavy atom. The van der Waals surface area contributed by atoms with Gasteiger partial charge in [-0.3, -0.25) is 4.79 Å². The standard InChI is InChI=1S/C20H11Cl2FN2O2/c21-15-7-3-12(9-16(15)22)20-25-17-10-14(6-8-18(17)27-20)24-19(26)11-1-4-13(23)5-2-11/h1-10H,(H,24,26). The summed E-state index contributed by atoms with van der Waals surface area (Å²) in [6, 6.07) is 15.5. The number of aromatic nitrogens is 1. The number of nitrogens with zero attached hydrogens (tertiary/aromatic N) is 1. The second kappa shape index (κ2) is 7.02. The van der Waals surface area contributed by atoms with E-state index in [4.69, 9.17) is 27.6 Å². The lowest BCUT2D eigenvalue weighted by molar-refractivity contribution is 0.102. The maximum Gasteiger partial charge on any atom is 0.255 e. The van der Waals surface area contributed by atoms with Crippen LogP contribution in [0.15, 0.2) is 65.1 Å². The fourth-order valence-electron chi connectivity index (χ4n) is 2.56. The first-order valence-electron chi connectivity index (χ1n) is 7.92. The molecular weight excluding hydrogens is 390 g/mol. The van der Waals surface area contributed by atoms with Gasteiger partial charge in [0.2, 0.25) is 5.89 Å². The van der Waals surface area contributed by atoms with Crippen LogP contribution >= 0.6 is 23.2 Å². The number of benzene rings is 3. The number of fused-ring (bicyclic) bond motifs is 1. The number of anilines is 1. The minimum atomic E-state index is -0.398. The summed E-state index contributed by atoms with van der Waals surface area (Å²) in [5, 5.41) is 3.61. The average Bonchev–Trinajstić information content (AvgIpc) is 3.08. The van der Waals surface area contributed by atoms with E-state index >= 15 is 0 Å². The molecule has 0 fully saturated rings. The zero-order valence-corrected chi connectivity index (χ0v) is 15.2. The molecule has 1 heterocycles. The van der Waals surface area contributed by atoms with Crippen LogP contribution in [0.25, 0.3) is 22.6 Å². The maximum absolute atomic E-state index is 13.0. The minimum absolute atomic E-state index is 0.345. The summed E-state index contributed by atoms with van der Waals surface area (Å²) in [5.74, 6) is -0.349. The quantitative estimate of drug-likeness (QED) is 0.445. The maximum atomic E-state index is 13.0. The molecule has 0 aliphatic carbocycles. The molecular formula is C20H11Cl2FN2O2. The van der Waals surface area contributed by atoms with Gasteiger partial charge in [0.15, 0.2) is 5.58 Å². The number of nitrogens with one attached hydrogen (secondary N) is 1. The Morgan fingerprint density at radius 2 is 1.74 bits per heavy atom. The summed E-state index contributed by atoms with van der Waals surface area (Å²) < 4.78 is 18.7. The van der Waals surface area contributed by atoms with Gasteiger partial charge in [-0.2, -0.15) is 0 Å². The van der Waals surface area contributed by atoms with Gasteiger partial charge < -0.3 is 9.73 Å². The zero-order chi connectivity index (χ0) is 19.0. The van der Waals surface area contributed by atoms with E-state index in [1.165, 1.54) is 24.3 Å². The molecule has 134 valence electrons. The van der Waals surface area contributed by atoms with Gasteiger partial charge >= 0.3 is 0 Å². The normalized spacial score (nSPS) is 10.9. The van der Waals surface area contributed by atoms with Gasteiger partial charge in [-0.25, -0.2) is 9.37 Å². The first-order valence-corrected chi connectivity index (χ1v) is 8.68. The highest BCUT2D eigenvalue weighted by Crippen LogP contribution is 2.30. The summed E-state index contributed by atoms with van der Waals surface area (Å²) in [7, 11) is 0. The summed E-state index contributed by atoms with van der Waals surface area (Å²) in [6.07, 6.45) is 0. The number of halogens is 3. The van der Waals surface area contributed by atoms with Gasteiger partial charge in [-0.15, -0.1) is 0 Å². The first kappa shape index (κ1) is 17.5. The lowest BCUT2D eigenvalue weighted by Crippen LogP contribution is -2.11. The van der Waals surface area contributed by atoms with Crippen molar-refractivity contribution in [2.75, 3.05) is 5.32 Å². The number of carbonyl (C=O) groups excluding carboxylic acids is 1. The minimum Gasteiger partial charge on any atom is -0.436 e. The predicted molar refractivity (Wildman–Crippen MR) is 104 cm³/mol. The van der Waals surface area contributed by atoms with Crippen molar-refractivity contribution < 1.29 is 13.6 Å². The molecule has 0 spiro atoms. The number of amides is 1. The monoisotopic (exact) mass is 400 g/mol. The molecule has 4 aromatic rings. The Hall–Kier alpha value is -2.89. The van der Waals surface area contributed by atoms with E-state index in [0.717, 1.165) is 0 Å². The predicted octanol–water partition coefficient (Wildman–Crippen LogP) is 6.19. The van der Waals surface area contributed by atoms with Crippen molar-refractivity contribution in [1.82, 2.24) is 4.98 Å². The van der Waals surface area contributed by atoms with Crippen molar-refractivity contribution in [3.05, 3.63) is 82.1 Å². The van der Waals surface area contributed by atoms with Crippen LogP contribution in [0.4, 0.5) is 10.1 Å². The van der Waals surface area contributed by atoms with Crippen molar-refractivity contribution in [2.24, 2.45) is 0 Å². The number of rotatable bonds is 3. The SMILES string of the molecule is O=C(Nc1ccc2oc(-c3ccc(Cl)c(Cl)c3)nc2c1)c1ccc(F)cc1. The van der Waals surface area contributed by atoms with E-state index in [9.17, 15) is 9.18 Å². The first-order chi connectivity index (χ1) is 13.0. The topological polar surface area (TPSA) is 55.1 Å². The fraction of sp³-hybridized carbons (Fsp3) is 0. The van der Waals surface area contributed by atoms with E-state index in [1.54, 1.807) is 36.4 Å². The van der Waals surface area contributed by atoms with E-state index in [0.29, 0.717) is 43.9 Å². The molecule has 3 aromatic carbocycles. The smallest absolute Gasteiger partial charge is 0.255 e. The Kier molecular flexibility index (Phi) is 4.56. The van der Waals surface area contributed by atoms with Crippen LogP contribution < -0.4 is 5.32 Å². The highest BCUT2D eigenvalue weighted by Gasteiger charge is 2.12. The third kappa shape index (κ3) is 3.65. The molecule has 0 aliphatic heterocycles. The molecule has 0 atom stereocenters. The molecule has 1 amide bonds. The lowest BCUT2D eigenvalue weighted by atomic mass is 10.2. The molecule has 0 radical (unpaired) electrons. The highest BCUT2D eigenvalue weighted by molar-refractivity contribution is 6.42. The Balaban J connectivity index is 1.61. The molecule has 1 N–H and O–H groups in total. The van der Waals surface area contributed by atoms with Gasteiger partial charge in [-0.05, 0) is 60.7 Å². The van der Waals surface area contributed by atoms with Gasteiger partial charge in [0.05, 0.1) is 10.0 Å². The van der Waals surface area contributed by atoms with Crippen molar-refractivity contribution in [3.63, 3.8) is 0 Å². The molecule has 0 saturated heterocycles. The molecule has 0 saturated carbocycles. The van der Waals surface area contributed by atoms with Crippen LogP contribution in [0.2, 0.25) is 10.0 Å². The van der Waals surface area contributed by atoms with Gasteiger partial charge in [0.25, 0.3) is 5.91 Å². The molecule has 27 heavy (non-hydrogen) atoms. The molecule has 4 rings (SSSR count). The molecule has 4 nitrogen and oxygen atoms in total. The lowest BCUT2D eigenvalue weighted by Gasteiger charge is -2.04. The second-order valence-electron chi connectivity index (χ2n) is 5.79. The molecule has 0 bridgehead atoms. The van der Waals surface area contributed by atoms with Crippen LogP contribution in [0.1, 0.15) is 10.4 Å². The highest BCUT2D eigenvalue weighted by atomic mass is 35.5. The number of carbonyl (C=O) groups is 1. The van der Waals surface area contributed by atoms with Crippen molar-refractivity contribution >= 4 is 45.9 Å². The third-order valence-electron chi connectivity index (χ3n) is 3.92. The summed E-state index contributed by atoms with van der Waals surface area (Å²) >= 11 is 12.0. The van der Waals surface area contributed by atoms with E-state index in [2.05, 4.69) is 10.3 Å². The number of hydrogen-bond donors (Lipinski definition) is 1. The summed E-state index contributed by atoms with van der Waals surface area (Å²) in [5.41, 5.74) is 2.74. The molecule has 0 unspecified atom stereocenters. The Labute approximate surface area is 163 Å². The van der Waals surface area contributed by atoms with Crippen molar-refractivity contribution in [2.45, 2.75) is 0 Å². The molecule has 0 aliphatic rings. The van der Waals surface area contributed by atoms with Gasteiger partial charge in [0.1, 0.15) is 11.3 Å². The van der Waals surface area contributed by atoms with Crippen molar-refractivity contribution in [1.29, 1.82) is 0 Å². The van der Waals surface area contributed by atoms with E-state index in [-0.39, 0.29) is 5.91 Å². The molecule has 7 heteroatoms. The Morgan fingerprint density at radius 3 is 2.48 bits per heavy atom. The summed E-state index contributed by atoms with van der Waals surface area (Å²) in [4.78, 5) is 16.7. The van der Waals surface area contributed by atoms with Gasteiger partial charge in [-0.1, -0.05) is 23.2 Å². The third-order valence-corrected chi connectivity index (χ3v) is 4.66. The van der Waals surface area contributed by atoms with Crippen LogP contribution in [-0.4, -0.2) is 10.9 Å².